The normalized spacial score (nSPS) is 15.9. The molecular formula is C18H20N2O6S2. The van der Waals surface area contributed by atoms with Gasteiger partial charge in [-0.05, 0) is 49.1 Å². The van der Waals surface area contributed by atoms with Crippen molar-refractivity contribution in [3.63, 3.8) is 0 Å². The minimum Gasteiger partial charge on any atom is -0.506 e. The van der Waals surface area contributed by atoms with Crippen molar-refractivity contribution >= 4 is 25.7 Å². The molecule has 150 valence electrons. The van der Waals surface area contributed by atoms with Crippen LogP contribution in [0.5, 0.6) is 5.75 Å². The van der Waals surface area contributed by atoms with Crippen LogP contribution >= 0.6 is 0 Å². The monoisotopic (exact) mass is 424 g/mol. The van der Waals surface area contributed by atoms with Gasteiger partial charge >= 0.3 is 10.2 Å². The van der Waals surface area contributed by atoms with Crippen LogP contribution < -0.4 is 9.03 Å². The highest BCUT2D eigenvalue weighted by atomic mass is 32.2. The summed E-state index contributed by atoms with van der Waals surface area (Å²) < 4.78 is 50.9. The summed E-state index contributed by atoms with van der Waals surface area (Å²) in [5, 5.41) is 19.5. The number of nitrogens with one attached hydrogen (secondary N) is 1. The second kappa shape index (κ2) is 7.72. The lowest BCUT2D eigenvalue weighted by Gasteiger charge is -2.16. The summed E-state index contributed by atoms with van der Waals surface area (Å²) in [5.41, 5.74) is 0.753. The maximum atomic E-state index is 12.2. The first-order chi connectivity index (χ1) is 13.2. The van der Waals surface area contributed by atoms with E-state index in [2.05, 4.69) is 0 Å². The SMILES string of the molecule is O=S(=O)(CCCCc1ccc(N2C=C(O)NS2(=O)=O)c(O)c1)c1ccccc1. The third-order valence-electron chi connectivity index (χ3n) is 4.24. The number of rotatable bonds is 7. The molecule has 0 amide bonds. The van der Waals surface area contributed by atoms with Crippen molar-refractivity contribution in [3.05, 3.63) is 66.2 Å². The molecule has 0 radical (unpaired) electrons. The molecule has 0 spiro atoms. The third kappa shape index (κ3) is 4.39. The van der Waals surface area contributed by atoms with E-state index < -0.39 is 25.9 Å². The van der Waals surface area contributed by atoms with Crippen LogP contribution in [0.25, 0.3) is 0 Å². The molecule has 3 rings (SSSR count). The first-order valence-electron chi connectivity index (χ1n) is 8.52. The van der Waals surface area contributed by atoms with Crippen molar-refractivity contribution in [3.8, 4) is 5.75 Å². The lowest BCUT2D eigenvalue weighted by atomic mass is 10.1. The van der Waals surface area contributed by atoms with Gasteiger partial charge in [0.15, 0.2) is 9.84 Å². The summed E-state index contributed by atoms with van der Waals surface area (Å²) in [5.74, 6) is -0.767. The molecule has 0 atom stereocenters. The van der Waals surface area contributed by atoms with Crippen LogP contribution in [0.3, 0.4) is 0 Å². The minimum absolute atomic E-state index is 0.00644. The van der Waals surface area contributed by atoms with Gasteiger partial charge in [-0.3, -0.25) is 0 Å². The van der Waals surface area contributed by atoms with Crippen molar-refractivity contribution < 1.29 is 27.0 Å². The van der Waals surface area contributed by atoms with Crippen molar-refractivity contribution in [2.24, 2.45) is 0 Å². The van der Waals surface area contributed by atoms with E-state index in [0.29, 0.717) is 24.2 Å². The highest BCUT2D eigenvalue weighted by molar-refractivity contribution is 7.91. The molecule has 0 bridgehead atoms. The molecule has 1 heterocycles. The maximum absolute atomic E-state index is 12.2. The number of aryl methyl sites for hydroxylation is 1. The number of benzene rings is 2. The van der Waals surface area contributed by atoms with Gasteiger partial charge in [0.2, 0.25) is 5.88 Å². The van der Waals surface area contributed by atoms with E-state index in [1.807, 2.05) is 4.72 Å². The predicted octanol–water partition coefficient (Wildman–Crippen LogP) is 2.20. The number of hydrogen-bond donors (Lipinski definition) is 3. The van der Waals surface area contributed by atoms with Crippen molar-refractivity contribution in [2.75, 3.05) is 10.1 Å². The molecule has 28 heavy (non-hydrogen) atoms. The number of hydrogen-bond acceptors (Lipinski definition) is 6. The highest BCUT2D eigenvalue weighted by Crippen LogP contribution is 2.32. The summed E-state index contributed by atoms with van der Waals surface area (Å²) in [4.78, 5) is 0.300. The number of unbranched alkanes of at least 4 members (excludes halogenated alkanes) is 1. The Bertz CT molecular complexity index is 1100. The van der Waals surface area contributed by atoms with Crippen molar-refractivity contribution in [1.82, 2.24) is 4.72 Å². The molecule has 0 unspecified atom stereocenters. The Morgan fingerprint density at radius 1 is 1.00 bits per heavy atom. The number of anilines is 1. The molecule has 0 saturated heterocycles. The summed E-state index contributed by atoms with van der Waals surface area (Å²) in [7, 11) is -7.29. The van der Waals surface area contributed by atoms with Crippen LogP contribution in [-0.4, -0.2) is 32.8 Å². The average molecular weight is 425 g/mol. The van der Waals surface area contributed by atoms with Gasteiger partial charge in [0.05, 0.1) is 16.8 Å². The number of aliphatic hydroxyl groups is 1. The first kappa shape index (κ1) is 20.0. The van der Waals surface area contributed by atoms with Gasteiger partial charge in [-0.1, -0.05) is 24.3 Å². The molecule has 1 aliphatic heterocycles. The Labute approximate surface area is 163 Å². The fraction of sp³-hybridized carbons (Fsp3) is 0.222. The van der Waals surface area contributed by atoms with E-state index >= 15 is 0 Å². The lowest BCUT2D eigenvalue weighted by molar-refractivity contribution is 0.392. The molecule has 0 aromatic heterocycles. The van der Waals surface area contributed by atoms with Gasteiger partial charge < -0.3 is 10.2 Å². The zero-order valence-corrected chi connectivity index (χ0v) is 16.4. The second-order valence-electron chi connectivity index (χ2n) is 6.33. The van der Waals surface area contributed by atoms with Crippen molar-refractivity contribution in [2.45, 2.75) is 24.2 Å². The van der Waals surface area contributed by atoms with Gasteiger partial charge in [0.25, 0.3) is 0 Å². The fourth-order valence-electron chi connectivity index (χ4n) is 2.86. The van der Waals surface area contributed by atoms with Gasteiger partial charge in [-0.15, -0.1) is 0 Å². The van der Waals surface area contributed by atoms with Gasteiger partial charge in [-0.2, -0.15) is 8.42 Å². The van der Waals surface area contributed by atoms with Gasteiger partial charge in [0, 0.05) is 0 Å². The molecule has 1 aliphatic rings. The quantitative estimate of drug-likeness (QED) is 0.586. The summed E-state index contributed by atoms with van der Waals surface area (Å²) in [6, 6.07) is 12.8. The Morgan fingerprint density at radius 2 is 1.71 bits per heavy atom. The van der Waals surface area contributed by atoms with E-state index in [-0.39, 0.29) is 17.2 Å². The maximum Gasteiger partial charge on any atom is 0.330 e. The smallest absolute Gasteiger partial charge is 0.330 e. The Hall–Kier alpha value is -2.72. The molecule has 10 heteroatoms. The summed E-state index contributed by atoms with van der Waals surface area (Å²) in [6.07, 6.45) is 2.54. The van der Waals surface area contributed by atoms with Crippen LogP contribution in [0.4, 0.5) is 5.69 Å². The molecule has 2 aromatic carbocycles. The van der Waals surface area contributed by atoms with E-state index in [4.69, 9.17) is 0 Å². The number of sulfone groups is 1. The number of nitrogens with zero attached hydrogens (tertiary/aromatic N) is 1. The van der Waals surface area contributed by atoms with E-state index in [0.717, 1.165) is 16.1 Å². The number of aliphatic hydroxyl groups excluding tert-OH is 1. The highest BCUT2D eigenvalue weighted by Gasteiger charge is 2.30. The molecule has 0 saturated carbocycles. The predicted molar refractivity (Wildman–Crippen MR) is 105 cm³/mol. The van der Waals surface area contributed by atoms with Crippen LogP contribution in [0.1, 0.15) is 18.4 Å². The molecule has 3 N–H and O–H groups in total. The number of phenolic OH excluding ortho intramolecular Hbond substituents is 1. The van der Waals surface area contributed by atoms with E-state index in [9.17, 15) is 27.0 Å². The van der Waals surface area contributed by atoms with Crippen LogP contribution in [0.15, 0.2) is 65.5 Å². The first-order valence-corrected chi connectivity index (χ1v) is 11.6. The minimum atomic E-state index is -3.97. The Kier molecular flexibility index (Phi) is 5.52. The lowest BCUT2D eigenvalue weighted by Crippen LogP contribution is -2.29. The van der Waals surface area contributed by atoms with Crippen molar-refractivity contribution in [1.29, 1.82) is 0 Å². The zero-order chi connectivity index (χ0) is 20.4. The standard InChI is InChI=1S/C18H20N2O6S2/c21-17-12-14(9-10-16(17)20-13-18(22)19-28(20,25)26)6-4-5-11-27(23,24)15-7-2-1-3-8-15/h1-3,7-10,12-13,19,21-22H,4-6,11H2. The Balaban J connectivity index is 1.60. The van der Waals surface area contributed by atoms with Crippen LogP contribution in [0, 0.1) is 0 Å². The average Bonchev–Trinajstić information content (AvgIpc) is 2.92. The fourth-order valence-corrected chi connectivity index (χ4v) is 5.32. The Morgan fingerprint density at radius 3 is 2.32 bits per heavy atom. The molecule has 0 fully saturated rings. The molecule has 8 nitrogen and oxygen atoms in total. The van der Waals surface area contributed by atoms with E-state index in [1.54, 1.807) is 36.4 Å². The number of aromatic hydroxyl groups is 1. The van der Waals surface area contributed by atoms with Crippen LogP contribution in [-0.2, 0) is 26.5 Å². The van der Waals surface area contributed by atoms with Gasteiger partial charge in [0.1, 0.15) is 11.4 Å². The van der Waals surface area contributed by atoms with Gasteiger partial charge in [-0.25, -0.2) is 17.4 Å². The molecular weight excluding hydrogens is 404 g/mol. The summed E-state index contributed by atoms with van der Waals surface area (Å²) >= 11 is 0. The molecule has 2 aromatic rings. The molecule has 0 aliphatic carbocycles. The summed E-state index contributed by atoms with van der Waals surface area (Å²) in [6.45, 7) is 0. The van der Waals surface area contributed by atoms with Crippen LogP contribution in [0.2, 0.25) is 0 Å². The third-order valence-corrected chi connectivity index (χ3v) is 7.34. The number of phenols is 1. The second-order valence-corrected chi connectivity index (χ2v) is 9.99. The zero-order valence-electron chi connectivity index (χ0n) is 14.8. The topological polar surface area (TPSA) is 124 Å². The van der Waals surface area contributed by atoms with E-state index in [1.165, 1.54) is 12.1 Å². The largest absolute Gasteiger partial charge is 0.506 e.